The highest BCUT2D eigenvalue weighted by Gasteiger charge is 2.22. The zero-order valence-electron chi connectivity index (χ0n) is 13.9. The van der Waals surface area contributed by atoms with Gasteiger partial charge in [0.25, 0.3) is 0 Å². The molecule has 0 radical (unpaired) electrons. The summed E-state index contributed by atoms with van der Waals surface area (Å²) in [6, 6.07) is 12.1. The Labute approximate surface area is 154 Å². The van der Waals surface area contributed by atoms with Crippen molar-refractivity contribution in [2.75, 3.05) is 5.75 Å². The maximum atomic E-state index is 13.6. The molecule has 1 aliphatic rings. The van der Waals surface area contributed by atoms with Gasteiger partial charge in [0.05, 0.1) is 29.0 Å². The fourth-order valence-electron chi connectivity index (χ4n) is 2.95. The molecule has 4 rings (SSSR count). The molecule has 1 atom stereocenters. The molecule has 4 nitrogen and oxygen atoms in total. The molecule has 2 heterocycles. The molecule has 2 aromatic carbocycles. The summed E-state index contributed by atoms with van der Waals surface area (Å²) in [6.07, 6.45) is 5.49. The Hall–Kier alpha value is -2.73. The molecular formula is C20H16FN3OS. The van der Waals surface area contributed by atoms with Gasteiger partial charge in [0, 0.05) is 16.7 Å². The summed E-state index contributed by atoms with van der Waals surface area (Å²) in [5.41, 5.74) is 3.05. The number of halogens is 1. The number of rotatable bonds is 3. The first kappa shape index (κ1) is 16.7. The van der Waals surface area contributed by atoms with Crippen molar-refractivity contribution in [1.29, 1.82) is 0 Å². The number of fused-ring (bicyclic) bond motifs is 2. The van der Waals surface area contributed by atoms with E-state index < -0.39 is 0 Å². The van der Waals surface area contributed by atoms with Gasteiger partial charge in [-0.2, -0.15) is 0 Å². The Balaban J connectivity index is 1.49. The summed E-state index contributed by atoms with van der Waals surface area (Å²) in [7, 11) is 0. The SMILES string of the molecule is O=C(/C=C/c1cnc2ccccc2n1)NC1CCSc2ccc(F)cc21. The molecular weight excluding hydrogens is 349 g/mol. The molecule has 1 unspecified atom stereocenters. The fraction of sp³-hybridized carbons (Fsp3) is 0.150. The van der Waals surface area contributed by atoms with Crippen LogP contribution in [0.1, 0.15) is 23.7 Å². The first-order valence-electron chi connectivity index (χ1n) is 8.32. The van der Waals surface area contributed by atoms with E-state index in [0.29, 0.717) is 5.69 Å². The highest BCUT2D eigenvalue weighted by atomic mass is 32.2. The van der Waals surface area contributed by atoms with E-state index in [1.807, 2.05) is 24.3 Å². The van der Waals surface area contributed by atoms with E-state index in [9.17, 15) is 9.18 Å². The van der Waals surface area contributed by atoms with Crippen molar-refractivity contribution in [2.24, 2.45) is 0 Å². The second-order valence-electron chi connectivity index (χ2n) is 6.00. The van der Waals surface area contributed by atoms with Gasteiger partial charge in [0.2, 0.25) is 5.91 Å². The lowest BCUT2D eigenvalue weighted by Gasteiger charge is -2.25. The average Bonchev–Trinajstić information content (AvgIpc) is 2.67. The Morgan fingerprint density at radius 1 is 1.23 bits per heavy atom. The standard InChI is InChI=1S/C20H16FN3OS/c21-13-5-7-19-15(11-13)16(9-10-26-19)24-20(25)8-6-14-12-22-17-3-1-2-4-18(17)23-14/h1-8,11-12,16H,9-10H2,(H,24,25)/b8-6+. The number of para-hydroxylation sites is 2. The van der Waals surface area contributed by atoms with Gasteiger partial charge < -0.3 is 5.32 Å². The summed E-state index contributed by atoms with van der Waals surface area (Å²) in [5.74, 6) is 0.378. The number of nitrogens with zero attached hydrogens (tertiary/aromatic N) is 2. The van der Waals surface area contributed by atoms with Gasteiger partial charge >= 0.3 is 0 Å². The van der Waals surface area contributed by atoms with E-state index in [1.165, 1.54) is 18.2 Å². The molecule has 1 N–H and O–H groups in total. The number of carbonyl (C=O) groups is 1. The van der Waals surface area contributed by atoms with Crippen molar-refractivity contribution in [3.63, 3.8) is 0 Å². The number of hydrogen-bond donors (Lipinski definition) is 1. The van der Waals surface area contributed by atoms with Crippen LogP contribution >= 0.6 is 11.8 Å². The summed E-state index contributed by atoms with van der Waals surface area (Å²) in [4.78, 5) is 22.1. The molecule has 1 aromatic heterocycles. The van der Waals surface area contributed by atoms with Crippen LogP contribution in [0.5, 0.6) is 0 Å². The number of hydrogen-bond acceptors (Lipinski definition) is 4. The molecule has 0 bridgehead atoms. The van der Waals surface area contributed by atoms with Gasteiger partial charge in [-0.05, 0) is 48.4 Å². The molecule has 130 valence electrons. The fourth-order valence-corrected chi connectivity index (χ4v) is 4.05. The van der Waals surface area contributed by atoms with Crippen LogP contribution in [-0.2, 0) is 4.79 Å². The van der Waals surface area contributed by atoms with E-state index in [-0.39, 0.29) is 17.8 Å². The second-order valence-corrected chi connectivity index (χ2v) is 7.13. The van der Waals surface area contributed by atoms with Crippen LogP contribution in [0.15, 0.2) is 59.6 Å². The van der Waals surface area contributed by atoms with E-state index >= 15 is 0 Å². The van der Waals surface area contributed by atoms with E-state index in [1.54, 1.807) is 30.1 Å². The molecule has 1 aliphatic heterocycles. The molecule has 26 heavy (non-hydrogen) atoms. The predicted octanol–water partition coefficient (Wildman–Crippen LogP) is 4.14. The van der Waals surface area contributed by atoms with Crippen LogP contribution in [-0.4, -0.2) is 21.6 Å². The molecule has 3 aromatic rings. The maximum absolute atomic E-state index is 13.6. The Kier molecular flexibility index (Phi) is 4.67. The average molecular weight is 365 g/mol. The summed E-state index contributed by atoms with van der Waals surface area (Å²) in [6.45, 7) is 0. The van der Waals surface area contributed by atoms with Crippen molar-refractivity contribution < 1.29 is 9.18 Å². The largest absolute Gasteiger partial charge is 0.346 e. The van der Waals surface area contributed by atoms with Gasteiger partial charge in [0.15, 0.2) is 0 Å². The minimum atomic E-state index is -0.285. The van der Waals surface area contributed by atoms with Gasteiger partial charge in [0.1, 0.15) is 5.82 Å². The lowest BCUT2D eigenvalue weighted by atomic mass is 10.0. The molecule has 0 saturated heterocycles. The minimum Gasteiger partial charge on any atom is -0.346 e. The Bertz CT molecular complexity index is 1010. The normalized spacial score (nSPS) is 16.6. The summed E-state index contributed by atoms with van der Waals surface area (Å²) in [5, 5.41) is 2.96. The van der Waals surface area contributed by atoms with Gasteiger partial charge in [-0.3, -0.25) is 9.78 Å². The number of benzene rings is 2. The van der Waals surface area contributed by atoms with Crippen molar-refractivity contribution in [1.82, 2.24) is 15.3 Å². The van der Waals surface area contributed by atoms with Gasteiger partial charge in [-0.25, -0.2) is 9.37 Å². The van der Waals surface area contributed by atoms with Gasteiger partial charge in [-0.15, -0.1) is 11.8 Å². The zero-order chi connectivity index (χ0) is 17.9. The minimum absolute atomic E-state index is 0.179. The van der Waals surface area contributed by atoms with Crippen molar-refractivity contribution in [2.45, 2.75) is 17.4 Å². The van der Waals surface area contributed by atoms with Crippen LogP contribution < -0.4 is 5.32 Å². The van der Waals surface area contributed by atoms with Crippen LogP contribution in [0.3, 0.4) is 0 Å². The van der Waals surface area contributed by atoms with Crippen LogP contribution in [0.2, 0.25) is 0 Å². The molecule has 0 aliphatic carbocycles. The number of carbonyl (C=O) groups excluding carboxylic acids is 1. The van der Waals surface area contributed by atoms with Crippen LogP contribution in [0.4, 0.5) is 4.39 Å². The molecule has 0 saturated carbocycles. The maximum Gasteiger partial charge on any atom is 0.244 e. The first-order valence-corrected chi connectivity index (χ1v) is 9.30. The Morgan fingerprint density at radius 2 is 2.08 bits per heavy atom. The van der Waals surface area contributed by atoms with E-state index in [2.05, 4.69) is 15.3 Å². The van der Waals surface area contributed by atoms with Crippen molar-refractivity contribution in [3.05, 3.63) is 71.8 Å². The summed E-state index contributed by atoms with van der Waals surface area (Å²) >= 11 is 1.69. The Morgan fingerprint density at radius 3 is 2.96 bits per heavy atom. The highest BCUT2D eigenvalue weighted by molar-refractivity contribution is 7.99. The summed E-state index contributed by atoms with van der Waals surface area (Å²) < 4.78 is 13.6. The van der Waals surface area contributed by atoms with Gasteiger partial charge in [-0.1, -0.05) is 12.1 Å². The quantitative estimate of drug-likeness (QED) is 0.709. The van der Waals surface area contributed by atoms with Crippen LogP contribution in [0.25, 0.3) is 17.1 Å². The number of amides is 1. The zero-order valence-corrected chi connectivity index (χ0v) is 14.7. The van der Waals surface area contributed by atoms with E-state index in [0.717, 1.165) is 33.7 Å². The highest BCUT2D eigenvalue weighted by Crippen LogP contribution is 2.36. The molecule has 0 fully saturated rings. The number of thioether (sulfide) groups is 1. The van der Waals surface area contributed by atoms with Crippen molar-refractivity contribution in [3.8, 4) is 0 Å². The second kappa shape index (κ2) is 7.25. The number of aromatic nitrogens is 2. The third-order valence-corrected chi connectivity index (χ3v) is 5.32. The van der Waals surface area contributed by atoms with Crippen molar-refractivity contribution >= 4 is 34.8 Å². The third kappa shape index (κ3) is 3.60. The third-order valence-electron chi connectivity index (χ3n) is 4.20. The number of nitrogens with one attached hydrogen (secondary N) is 1. The molecule has 6 heteroatoms. The van der Waals surface area contributed by atoms with Crippen LogP contribution in [0, 0.1) is 5.82 Å². The topological polar surface area (TPSA) is 54.9 Å². The molecule has 1 amide bonds. The smallest absolute Gasteiger partial charge is 0.244 e. The lowest BCUT2D eigenvalue weighted by Crippen LogP contribution is -2.29. The monoisotopic (exact) mass is 365 g/mol. The first-order chi connectivity index (χ1) is 12.7. The van der Waals surface area contributed by atoms with E-state index in [4.69, 9.17) is 0 Å². The predicted molar refractivity (Wildman–Crippen MR) is 101 cm³/mol. The lowest BCUT2D eigenvalue weighted by molar-refractivity contribution is -0.117. The molecule has 0 spiro atoms.